The zero-order valence-corrected chi connectivity index (χ0v) is 10.5. The van der Waals surface area contributed by atoms with Crippen LogP contribution in [-0.4, -0.2) is 48.6 Å². The van der Waals surface area contributed by atoms with Gasteiger partial charge in [-0.25, -0.2) is 13.2 Å². The Labute approximate surface area is 99.5 Å². The average Bonchev–Trinajstić information content (AvgIpc) is 2.39. The molecule has 98 valence electrons. The molecule has 1 aliphatic heterocycles. The van der Waals surface area contributed by atoms with Crippen LogP contribution in [0.15, 0.2) is 0 Å². The maximum atomic E-state index is 11.4. The predicted molar refractivity (Wildman–Crippen MR) is 60.4 cm³/mol. The lowest BCUT2D eigenvalue weighted by Crippen LogP contribution is -2.53. The first kappa shape index (κ1) is 13.8. The van der Waals surface area contributed by atoms with Crippen molar-refractivity contribution < 1.29 is 23.1 Å². The summed E-state index contributed by atoms with van der Waals surface area (Å²) in [6.45, 7) is 2.96. The summed E-state index contributed by atoms with van der Waals surface area (Å²) in [6, 6.07) is -1.68. The number of rotatable bonds is 3. The van der Waals surface area contributed by atoms with Gasteiger partial charge >= 0.3 is 12.0 Å². The van der Waals surface area contributed by atoms with Crippen LogP contribution in [0, 0.1) is 0 Å². The van der Waals surface area contributed by atoms with Crippen LogP contribution in [0.4, 0.5) is 4.79 Å². The number of nitrogens with one attached hydrogen (secondary N) is 2. The summed E-state index contributed by atoms with van der Waals surface area (Å²) in [6.07, 6.45) is 0.338. The molecule has 0 aromatic rings. The summed E-state index contributed by atoms with van der Waals surface area (Å²) in [7, 11) is -3.10. The van der Waals surface area contributed by atoms with Gasteiger partial charge in [-0.3, -0.25) is 4.79 Å². The van der Waals surface area contributed by atoms with Gasteiger partial charge in [0.2, 0.25) is 0 Å². The summed E-state index contributed by atoms with van der Waals surface area (Å²) >= 11 is 0. The zero-order valence-electron chi connectivity index (χ0n) is 9.69. The Bertz CT molecular complexity index is 433. The molecule has 1 saturated heterocycles. The molecule has 1 rings (SSSR count). The Morgan fingerprint density at radius 1 is 1.41 bits per heavy atom. The standard InChI is InChI=1S/C9H16N2O5S/c1-6(7(12)13)10-8(14)11-9(2)3-4-17(15,16)5-9/h6H,3-5H2,1-2H3,(H,12,13)(H2,10,11,14)/t6-,9?/m0/s1. The molecule has 0 aliphatic carbocycles. The number of hydrogen-bond donors (Lipinski definition) is 3. The topological polar surface area (TPSA) is 113 Å². The minimum absolute atomic E-state index is 0.0399. The largest absolute Gasteiger partial charge is 0.480 e. The van der Waals surface area contributed by atoms with Gasteiger partial charge in [0.1, 0.15) is 6.04 Å². The van der Waals surface area contributed by atoms with Crippen LogP contribution >= 0.6 is 0 Å². The third kappa shape index (κ3) is 3.88. The molecule has 2 atom stereocenters. The van der Waals surface area contributed by atoms with E-state index in [4.69, 9.17) is 5.11 Å². The van der Waals surface area contributed by atoms with E-state index >= 15 is 0 Å². The fourth-order valence-electron chi connectivity index (χ4n) is 1.68. The van der Waals surface area contributed by atoms with E-state index < -0.39 is 33.4 Å². The van der Waals surface area contributed by atoms with E-state index in [0.29, 0.717) is 6.42 Å². The normalized spacial score (nSPS) is 28.4. The first-order chi connectivity index (χ1) is 7.64. The zero-order chi connectivity index (χ0) is 13.3. The van der Waals surface area contributed by atoms with Gasteiger partial charge in [0.05, 0.1) is 17.0 Å². The molecular weight excluding hydrogens is 248 g/mol. The van der Waals surface area contributed by atoms with Gasteiger partial charge in [0.25, 0.3) is 0 Å². The van der Waals surface area contributed by atoms with Crippen molar-refractivity contribution >= 4 is 21.8 Å². The molecular formula is C9H16N2O5S. The third-order valence-electron chi connectivity index (χ3n) is 2.64. The minimum Gasteiger partial charge on any atom is -0.480 e. The van der Waals surface area contributed by atoms with E-state index in [2.05, 4.69) is 10.6 Å². The SMILES string of the molecule is C[C@H](NC(=O)NC1(C)CCS(=O)(=O)C1)C(=O)O. The summed E-state index contributed by atoms with van der Waals surface area (Å²) in [5, 5.41) is 13.3. The third-order valence-corrected chi connectivity index (χ3v) is 4.54. The number of carboxylic acid groups (broad SMARTS) is 1. The van der Waals surface area contributed by atoms with E-state index in [1.807, 2.05) is 0 Å². The first-order valence-electron chi connectivity index (χ1n) is 5.15. The molecule has 1 unspecified atom stereocenters. The molecule has 0 bridgehead atoms. The Morgan fingerprint density at radius 2 is 2.00 bits per heavy atom. The first-order valence-corrected chi connectivity index (χ1v) is 6.98. The molecule has 2 amide bonds. The van der Waals surface area contributed by atoms with Crippen LogP contribution in [0.5, 0.6) is 0 Å². The maximum absolute atomic E-state index is 11.4. The van der Waals surface area contributed by atoms with Gasteiger partial charge < -0.3 is 15.7 Å². The van der Waals surface area contributed by atoms with Gasteiger partial charge in [-0.15, -0.1) is 0 Å². The second-order valence-corrected chi connectivity index (χ2v) is 6.75. The van der Waals surface area contributed by atoms with Crippen LogP contribution in [0.3, 0.4) is 0 Å². The number of carbonyl (C=O) groups excluding carboxylic acids is 1. The maximum Gasteiger partial charge on any atom is 0.325 e. The van der Waals surface area contributed by atoms with E-state index in [1.54, 1.807) is 6.92 Å². The highest BCUT2D eigenvalue weighted by Gasteiger charge is 2.39. The van der Waals surface area contributed by atoms with Crippen LogP contribution in [0.1, 0.15) is 20.3 Å². The number of amides is 2. The van der Waals surface area contributed by atoms with Crippen molar-refractivity contribution in [3.8, 4) is 0 Å². The minimum atomic E-state index is -3.10. The predicted octanol–water partition coefficient (Wildman–Crippen LogP) is -0.664. The van der Waals surface area contributed by atoms with Crippen molar-refractivity contribution in [2.75, 3.05) is 11.5 Å². The lowest BCUT2D eigenvalue weighted by Gasteiger charge is -2.24. The summed E-state index contributed by atoms with van der Waals surface area (Å²) < 4.78 is 22.6. The van der Waals surface area contributed by atoms with Crippen LogP contribution in [-0.2, 0) is 14.6 Å². The lowest BCUT2D eigenvalue weighted by molar-refractivity contribution is -0.138. The molecule has 0 radical (unpaired) electrons. The Morgan fingerprint density at radius 3 is 2.41 bits per heavy atom. The fourth-order valence-corrected chi connectivity index (χ4v) is 3.77. The van der Waals surface area contributed by atoms with Crippen molar-refractivity contribution in [3.05, 3.63) is 0 Å². The molecule has 1 heterocycles. The van der Waals surface area contributed by atoms with Crippen molar-refractivity contribution in [3.63, 3.8) is 0 Å². The molecule has 1 fully saturated rings. The van der Waals surface area contributed by atoms with Gasteiger partial charge in [0, 0.05) is 0 Å². The second kappa shape index (κ2) is 4.52. The number of aliphatic carboxylic acids is 1. The van der Waals surface area contributed by atoms with Crippen molar-refractivity contribution in [1.82, 2.24) is 10.6 Å². The van der Waals surface area contributed by atoms with Gasteiger partial charge in [-0.05, 0) is 20.3 Å². The molecule has 8 heteroatoms. The fraction of sp³-hybridized carbons (Fsp3) is 0.778. The highest BCUT2D eigenvalue weighted by molar-refractivity contribution is 7.91. The quantitative estimate of drug-likeness (QED) is 0.626. The number of sulfone groups is 1. The number of carboxylic acids is 1. The highest BCUT2D eigenvalue weighted by atomic mass is 32.2. The highest BCUT2D eigenvalue weighted by Crippen LogP contribution is 2.22. The Balaban J connectivity index is 2.55. The molecule has 0 aromatic heterocycles. The van der Waals surface area contributed by atoms with Crippen molar-refractivity contribution in [2.45, 2.75) is 31.8 Å². The number of urea groups is 1. The van der Waals surface area contributed by atoms with E-state index in [9.17, 15) is 18.0 Å². The van der Waals surface area contributed by atoms with E-state index in [-0.39, 0.29) is 11.5 Å². The molecule has 0 saturated carbocycles. The molecule has 0 spiro atoms. The van der Waals surface area contributed by atoms with Crippen molar-refractivity contribution in [1.29, 1.82) is 0 Å². The average molecular weight is 264 g/mol. The van der Waals surface area contributed by atoms with Crippen molar-refractivity contribution in [2.24, 2.45) is 0 Å². The van der Waals surface area contributed by atoms with Gasteiger partial charge in [0.15, 0.2) is 9.84 Å². The molecule has 17 heavy (non-hydrogen) atoms. The second-order valence-electron chi connectivity index (χ2n) is 4.56. The van der Waals surface area contributed by atoms with Crippen LogP contribution in [0.2, 0.25) is 0 Å². The number of carbonyl (C=O) groups is 2. The summed E-state index contributed by atoms with van der Waals surface area (Å²) in [5.41, 5.74) is -0.818. The van der Waals surface area contributed by atoms with E-state index in [0.717, 1.165) is 0 Å². The molecule has 7 nitrogen and oxygen atoms in total. The smallest absolute Gasteiger partial charge is 0.325 e. The monoisotopic (exact) mass is 264 g/mol. The molecule has 0 aromatic carbocycles. The lowest BCUT2D eigenvalue weighted by atomic mass is 10.0. The molecule has 1 aliphatic rings. The van der Waals surface area contributed by atoms with Crippen LogP contribution < -0.4 is 10.6 Å². The summed E-state index contributed by atoms with van der Waals surface area (Å²) in [5.74, 6) is -1.23. The summed E-state index contributed by atoms with van der Waals surface area (Å²) in [4.78, 5) is 22.0. The van der Waals surface area contributed by atoms with Gasteiger partial charge in [-0.1, -0.05) is 0 Å². The Kier molecular flexibility index (Phi) is 3.65. The van der Waals surface area contributed by atoms with E-state index in [1.165, 1.54) is 6.92 Å². The van der Waals surface area contributed by atoms with Gasteiger partial charge in [-0.2, -0.15) is 0 Å². The van der Waals surface area contributed by atoms with Crippen LogP contribution in [0.25, 0.3) is 0 Å². The molecule has 3 N–H and O–H groups in total. The number of hydrogen-bond acceptors (Lipinski definition) is 4. The Hall–Kier alpha value is -1.31.